The predicted molar refractivity (Wildman–Crippen MR) is 182 cm³/mol. The molecule has 0 unspecified atom stereocenters. The minimum atomic E-state index is 0.575. The molecule has 10 nitrogen and oxygen atoms in total. The van der Waals surface area contributed by atoms with E-state index in [1.165, 1.54) is 0 Å². The van der Waals surface area contributed by atoms with Crippen molar-refractivity contribution in [3.8, 4) is 79.5 Å². The first kappa shape index (κ1) is 28.5. The van der Waals surface area contributed by atoms with Gasteiger partial charge in [-0.1, -0.05) is 48.5 Å². The van der Waals surface area contributed by atoms with E-state index in [1.807, 2.05) is 72.8 Å². The highest BCUT2D eigenvalue weighted by molar-refractivity contribution is 5.73. The van der Waals surface area contributed by atoms with Crippen LogP contribution in [-0.2, 0) is 0 Å². The van der Waals surface area contributed by atoms with Crippen molar-refractivity contribution < 1.29 is 0 Å². The van der Waals surface area contributed by atoms with Crippen molar-refractivity contribution in [2.24, 2.45) is 0 Å². The molecule has 226 valence electrons. The maximum Gasteiger partial charge on any atom is 0.164 e. The van der Waals surface area contributed by atoms with Crippen LogP contribution in [0.25, 0.3) is 79.5 Å². The molecular weight excluding hydrogens is 596 g/mol. The Bertz CT molecular complexity index is 2020. The smallest absolute Gasteiger partial charge is 0.164 e. The summed E-state index contributed by atoms with van der Waals surface area (Å²) in [4.78, 5) is 45.3. The zero-order valence-electron chi connectivity index (χ0n) is 25.3. The van der Waals surface area contributed by atoms with Gasteiger partial charge in [-0.3, -0.25) is 19.9 Å². The van der Waals surface area contributed by atoms with E-state index in [4.69, 9.17) is 29.9 Å². The zero-order chi connectivity index (χ0) is 32.1. The van der Waals surface area contributed by atoms with E-state index >= 15 is 0 Å². The summed E-state index contributed by atoms with van der Waals surface area (Å²) in [6, 6.07) is 31.5. The Kier molecular flexibility index (Phi) is 7.62. The molecule has 0 saturated carbocycles. The fourth-order valence-electron chi connectivity index (χ4n) is 5.15. The largest absolute Gasteiger partial charge is 0.265 e. The van der Waals surface area contributed by atoms with Gasteiger partial charge in [0, 0.05) is 83.0 Å². The predicted octanol–water partition coefficient (Wildman–Crippen LogP) is 7.31. The van der Waals surface area contributed by atoms with E-state index in [2.05, 4.69) is 44.2 Å². The second-order valence-corrected chi connectivity index (χ2v) is 10.7. The SMILES string of the molecule is c1cc(-c2nc(-c3ccncc3)nc(-c3ccc(-c4ccc(-c5nc(-c6ccncc6)nc(-c6ccncc6)n5)cc4)cc3)n2)ccn1. The third-order valence-electron chi connectivity index (χ3n) is 7.64. The van der Waals surface area contributed by atoms with Gasteiger partial charge in [-0.2, -0.15) is 0 Å². The van der Waals surface area contributed by atoms with Crippen LogP contribution in [0.2, 0.25) is 0 Å². The van der Waals surface area contributed by atoms with Gasteiger partial charge < -0.3 is 0 Å². The molecule has 0 saturated heterocycles. The first-order valence-electron chi connectivity index (χ1n) is 15.1. The van der Waals surface area contributed by atoms with Gasteiger partial charge in [-0.25, -0.2) is 29.9 Å². The lowest BCUT2D eigenvalue weighted by Gasteiger charge is -2.10. The average Bonchev–Trinajstić information content (AvgIpc) is 3.19. The van der Waals surface area contributed by atoms with Crippen LogP contribution in [0.3, 0.4) is 0 Å². The molecule has 0 aliphatic heterocycles. The molecule has 48 heavy (non-hydrogen) atoms. The van der Waals surface area contributed by atoms with Crippen molar-refractivity contribution in [3.63, 3.8) is 0 Å². The molecule has 0 amide bonds. The summed E-state index contributed by atoms with van der Waals surface area (Å²) in [5, 5.41) is 0. The minimum Gasteiger partial charge on any atom is -0.265 e. The number of hydrogen-bond donors (Lipinski definition) is 0. The summed E-state index contributed by atoms with van der Waals surface area (Å²) in [7, 11) is 0. The van der Waals surface area contributed by atoms with E-state index in [-0.39, 0.29) is 0 Å². The van der Waals surface area contributed by atoms with Crippen molar-refractivity contribution in [2.75, 3.05) is 0 Å². The monoisotopic (exact) mass is 620 g/mol. The number of benzene rings is 2. The first-order valence-corrected chi connectivity index (χ1v) is 15.1. The zero-order valence-corrected chi connectivity index (χ0v) is 25.3. The third-order valence-corrected chi connectivity index (χ3v) is 7.64. The maximum atomic E-state index is 4.81. The highest BCUT2D eigenvalue weighted by Crippen LogP contribution is 2.29. The third kappa shape index (κ3) is 6.01. The summed E-state index contributed by atoms with van der Waals surface area (Å²) in [5.41, 5.74) is 7.29. The molecule has 0 aliphatic rings. The number of aromatic nitrogens is 10. The van der Waals surface area contributed by atoms with Gasteiger partial charge in [-0.05, 0) is 59.7 Å². The lowest BCUT2D eigenvalue weighted by atomic mass is 10.0. The van der Waals surface area contributed by atoms with Crippen LogP contribution in [0, 0.1) is 0 Å². The molecular formula is C38H24N10. The molecule has 2 aromatic carbocycles. The van der Waals surface area contributed by atoms with E-state index < -0.39 is 0 Å². The van der Waals surface area contributed by atoms with Gasteiger partial charge in [0.05, 0.1) is 0 Å². The van der Waals surface area contributed by atoms with Crippen molar-refractivity contribution in [1.82, 2.24) is 49.8 Å². The molecule has 6 aromatic heterocycles. The van der Waals surface area contributed by atoms with Gasteiger partial charge in [-0.15, -0.1) is 0 Å². The quantitative estimate of drug-likeness (QED) is 0.179. The van der Waals surface area contributed by atoms with E-state index in [9.17, 15) is 0 Å². The van der Waals surface area contributed by atoms with Crippen molar-refractivity contribution in [3.05, 3.63) is 147 Å². The summed E-state index contributed by atoms with van der Waals surface area (Å²) >= 11 is 0. The maximum absolute atomic E-state index is 4.81. The van der Waals surface area contributed by atoms with Crippen LogP contribution in [0.15, 0.2) is 147 Å². The van der Waals surface area contributed by atoms with E-state index in [1.54, 1.807) is 49.6 Å². The Morgan fingerprint density at radius 3 is 0.562 bits per heavy atom. The molecule has 0 aliphatic carbocycles. The minimum absolute atomic E-state index is 0.575. The molecule has 0 spiro atoms. The molecule has 8 aromatic rings. The Morgan fingerprint density at radius 1 is 0.188 bits per heavy atom. The van der Waals surface area contributed by atoms with Gasteiger partial charge in [0.25, 0.3) is 0 Å². The lowest BCUT2D eigenvalue weighted by molar-refractivity contribution is 1.07. The standard InChI is InChI=1S/C38H24N10/c1-5-27(33-43-35(29-9-17-39-18-10-29)47-36(44-33)30-11-19-40-20-12-30)6-2-25(1)26-3-7-28(8-4-26)34-45-37(31-13-21-41-22-14-31)48-38(46-34)32-15-23-42-24-16-32/h1-24H. The fraction of sp³-hybridized carbons (Fsp3) is 0. The van der Waals surface area contributed by atoms with Gasteiger partial charge in [0.2, 0.25) is 0 Å². The van der Waals surface area contributed by atoms with E-state index in [0.717, 1.165) is 44.5 Å². The van der Waals surface area contributed by atoms with Crippen molar-refractivity contribution >= 4 is 0 Å². The van der Waals surface area contributed by atoms with Crippen LogP contribution in [-0.4, -0.2) is 49.8 Å². The van der Waals surface area contributed by atoms with Crippen molar-refractivity contribution in [1.29, 1.82) is 0 Å². The molecule has 0 radical (unpaired) electrons. The van der Waals surface area contributed by atoms with Gasteiger partial charge in [0.15, 0.2) is 34.9 Å². The first-order chi connectivity index (χ1) is 23.8. The number of nitrogens with zero attached hydrogens (tertiary/aromatic N) is 10. The van der Waals surface area contributed by atoms with Gasteiger partial charge in [0.1, 0.15) is 0 Å². The molecule has 6 heterocycles. The van der Waals surface area contributed by atoms with Crippen LogP contribution >= 0.6 is 0 Å². The molecule has 0 N–H and O–H groups in total. The Labute approximate surface area is 275 Å². The summed E-state index contributed by atoms with van der Waals surface area (Å²) in [6.45, 7) is 0. The number of hydrogen-bond acceptors (Lipinski definition) is 10. The summed E-state index contributed by atoms with van der Waals surface area (Å²) in [6.07, 6.45) is 13.8. The molecule has 0 fully saturated rings. The number of rotatable bonds is 7. The second kappa shape index (κ2) is 12.8. The van der Waals surface area contributed by atoms with Gasteiger partial charge >= 0.3 is 0 Å². The molecule has 8 rings (SSSR count). The van der Waals surface area contributed by atoms with Crippen LogP contribution in [0.5, 0.6) is 0 Å². The summed E-state index contributed by atoms with van der Waals surface area (Å²) in [5.74, 6) is 3.46. The second-order valence-electron chi connectivity index (χ2n) is 10.7. The lowest BCUT2D eigenvalue weighted by Crippen LogP contribution is -2.00. The molecule has 0 bridgehead atoms. The van der Waals surface area contributed by atoms with Crippen LogP contribution in [0.4, 0.5) is 0 Å². The van der Waals surface area contributed by atoms with Crippen molar-refractivity contribution in [2.45, 2.75) is 0 Å². The Morgan fingerprint density at radius 2 is 0.354 bits per heavy atom. The molecule has 0 atom stereocenters. The van der Waals surface area contributed by atoms with E-state index in [0.29, 0.717) is 34.9 Å². The molecule has 10 heteroatoms. The topological polar surface area (TPSA) is 129 Å². The number of pyridine rings is 4. The summed E-state index contributed by atoms with van der Waals surface area (Å²) < 4.78 is 0. The normalized spacial score (nSPS) is 10.9. The average molecular weight is 621 g/mol. The Hall–Kier alpha value is -6.94. The highest BCUT2D eigenvalue weighted by Gasteiger charge is 2.14. The highest BCUT2D eigenvalue weighted by atomic mass is 15.0. The van der Waals surface area contributed by atoms with Crippen LogP contribution in [0.1, 0.15) is 0 Å². The fourth-order valence-corrected chi connectivity index (χ4v) is 5.15. The van der Waals surface area contributed by atoms with Crippen LogP contribution < -0.4 is 0 Å². The Balaban J connectivity index is 1.11.